The fourth-order valence-electron chi connectivity index (χ4n) is 3.04. The Morgan fingerprint density at radius 1 is 1.26 bits per heavy atom. The molecule has 0 saturated carbocycles. The molecule has 142 valence electrons. The second-order valence-electron chi connectivity index (χ2n) is 6.39. The van der Waals surface area contributed by atoms with Crippen molar-refractivity contribution in [2.24, 2.45) is 0 Å². The lowest BCUT2D eigenvalue weighted by atomic mass is 10.1. The van der Waals surface area contributed by atoms with E-state index in [9.17, 15) is 14.0 Å². The SMILES string of the molecule is C=CC(=O)NCCC(=O)Nc1cc(-c2nnc3n2CCCCC3)ccc1F. The molecule has 0 radical (unpaired) electrons. The minimum atomic E-state index is -0.530. The van der Waals surface area contributed by atoms with E-state index >= 15 is 0 Å². The van der Waals surface area contributed by atoms with Crippen molar-refractivity contribution < 1.29 is 14.0 Å². The van der Waals surface area contributed by atoms with Gasteiger partial charge in [0.15, 0.2) is 5.82 Å². The normalized spacial score (nSPS) is 13.4. The predicted octanol–water partition coefficient (Wildman–Crippen LogP) is 2.44. The van der Waals surface area contributed by atoms with Crippen molar-refractivity contribution in [3.8, 4) is 11.4 Å². The summed E-state index contributed by atoms with van der Waals surface area (Å²) in [6, 6.07) is 4.51. The number of halogens is 1. The number of nitrogens with one attached hydrogen (secondary N) is 2. The molecular weight excluding hydrogens is 349 g/mol. The first-order valence-corrected chi connectivity index (χ1v) is 9.00. The van der Waals surface area contributed by atoms with E-state index in [0.29, 0.717) is 11.4 Å². The van der Waals surface area contributed by atoms with E-state index in [4.69, 9.17) is 0 Å². The molecule has 1 aliphatic rings. The maximum absolute atomic E-state index is 14.1. The Hall–Kier alpha value is -3.03. The van der Waals surface area contributed by atoms with Crippen LogP contribution >= 0.6 is 0 Å². The molecule has 2 aromatic rings. The van der Waals surface area contributed by atoms with E-state index in [1.165, 1.54) is 6.07 Å². The van der Waals surface area contributed by atoms with Gasteiger partial charge in [-0.25, -0.2) is 4.39 Å². The van der Waals surface area contributed by atoms with Gasteiger partial charge in [-0.3, -0.25) is 9.59 Å². The van der Waals surface area contributed by atoms with Crippen molar-refractivity contribution in [1.29, 1.82) is 0 Å². The third-order valence-corrected chi connectivity index (χ3v) is 4.44. The van der Waals surface area contributed by atoms with Crippen LogP contribution in [0.25, 0.3) is 11.4 Å². The molecule has 0 bridgehead atoms. The van der Waals surface area contributed by atoms with Crippen molar-refractivity contribution in [3.05, 3.63) is 42.5 Å². The summed E-state index contributed by atoms with van der Waals surface area (Å²) < 4.78 is 16.2. The third kappa shape index (κ3) is 4.58. The van der Waals surface area contributed by atoms with Crippen LogP contribution < -0.4 is 10.6 Å². The first-order chi connectivity index (χ1) is 13.1. The van der Waals surface area contributed by atoms with Crippen LogP contribution in [-0.4, -0.2) is 33.1 Å². The molecule has 27 heavy (non-hydrogen) atoms. The minimum Gasteiger partial charge on any atom is -0.352 e. The van der Waals surface area contributed by atoms with Crippen molar-refractivity contribution >= 4 is 17.5 Å². The molecular formula is C19H22FN5O2. The molecule has 2 heterocycles. The molecule has 8 heteroatoms. The number of amides is 2. The van der Waals surface area contributed by atoms with Crippen LogP contribution in [0.1, 0.15) is 31.5 Å². The summed E-state index contributed by atoms with van der Waals surface area (Å²) in [5.74, 6) is 0.341. The molecule has 2 N–H and O–H groups in total. The zero-order valence-electron chi connectivity index (χ0n) is 15.0. The van der Waals surface area contributed by atoms with Gasteiger partial charge in [0.1, 0.15) is 11.6 Å². The summed E-state index contributed by atoms with van der Waals surface area (Å²) in [5.41, 5.74) is 0.783. The highest BCUT2D eigenvalue weighted by Crippen LogP contribution is 2.26. The highest BCUT2D eigenvalue weighted by atomic mass is 19.1. The second kappa shape index (κ2) is 8.57. The number of fused-ring (bicyclic) bond motifs is 1. The van der Waals surface area contributed by atoms with Crippen LogP contribution in [0.4, 0.5) is 10.1 Å². The number of hydrogen-bond acceptors (Lipinski definition) is 4. The smallest absolute Gasteiger partial charge is 0.243 e. The molecule has 1 aliphatic heterocycles. The molecule has 0 aliphatic carbocycles. The van der Waals surface area contributed by atoms with Crippen LogP contribution in [0.15, 0.2) is 30.9 Å². The summed E-state index contributed by atoms with van der Waals surface area (Å²) in [7, 11) is 0. The number of rotatable bonds is 6. The lowest BCUT2D eigenvalue weighted by Crippen LogP contribution is -2.26. The number of carbonyl (C=O) groups excluding carboxylic acids is 2. The van der Waals surface area contributed by atoms with Crippen molar-refractivity contribution in [2.75, 3.05) is 11.9 Å². The van der Waals surface area contributed by atoms with Gasteiger partial charge >= 0.3 is 0 Å². The van der Waals surface area contributed by atoms with Gasteiger partial charge in [0.05, 0.1) is 5.69 Å². The Balaban J connectivity index is 1.73. The highest BCUT2D eigenvalue weighted by molar-refractivity contribution is 5.92. The van der Waals surface area contributed by atoms with Crippen LogP contribution in [0, 0.1) is 5.82 Å². The van der Waals surface area contributed by atoms with E-state index in [0.717, 1.165) is 44.1 Å². The Kier molecular flexibility index (Phi) is 5.95. The molecule has 0 saturated heterocycles. The van der Waals surface area contributed by atoms with Crippen molar-refractivity contribution in [3.63, 3.8) is 0 Å². The summed E-state index contributed by atoms with van der Waals surface area (Å²) >= 11 is 0. The zero-order chi connectivity index (χ0) is 19.2. The number of anilines is 1. The Labute approximate surface area is 156 Å². The molecule has 1 aromatic carbocycles. The van der Waals surface area contributed by atoms with E-state index < -0.39 is 11.7 Å². The van der Waals surface area contributed by atoms with Gasteiger partial charge < -0.3 is 15.2 Å². The van der Waals surface area contributed by atoms with Gasteiger partial charge in [0.2, 0.25) is 11.8 Å². The predicted molar refractivity (Wildman–Crippen MR) is 99.4 cm³/mol. The molecule has 3 rings (SSSR count). The molecule has 0 spiro atoms. The number of aromatic nitrogens is 3. The molecule has 2 amide bonds. The lowest BCUT2D eigenvalue weighted by molar-refractivity contribution is -0.117. The van der Waals surface area contributed by atoms with E-state index in [1.54, 1.807) is 12.1 Å². The van der Waals surface area contributed by atoms with Crippen molar-refractivity contribution in [1.82, 2.24) is 20.1 Å². The number of aryl methyl sites for hydroxylation is 1. The number of carbonyl (C=O) groups is 2. The van der Waals surface area contributed by atoms with Crippen LogP contribution in [0.2, 0.25) is 0 Å². The number of nitrogens with zero attached hydrogens (tertiary/aromatic N) is 3. The maximum Gasteiger partial charge on any atom is 0.243 e. The first kappa shape index (κ1) is 18.8. The van der Waals surface area contributed by atoms with Gasteiger partial charge in [-0.2, -0.15) is 0 Å². The van der Waals surface area contributed by atoms with Gasteiger partial charge in [-0.1, -0.05) is 13.0 Å². The average Bonchev–Trinajstić information content (AvgIpc) is 2.91. The van der Waals surface area contributed by atoms with E-state index in [1.807, 2.05) is 0 Å². The minimum absolute atomic E-state index is 0.0313. The fraction of sp³-hybridized carbons (Fsp3) is 0.368. The third-order valence-electron chi connectivity index (χ3n) is 4.44. The first-order valence-electron chi connectivity index (χ1n) is 9.00. The highest BCUT2D eigenvalue weighted by Gasteiger charge is 2.17. The molecule has 0 unspecified atom stereocenters. The van der Waals surface area contributed by atoms with Gasteiger partial charge in [-0.05, 0) is 37.1 Å². The monoisotopic (exact) mass is 371 g/mol. The van der Waals surface area contributed by atoms with Crippen LogP contribution in [-0.2, 0) is 22.6 Å². The van der Waals surface area contributed by atoms with Crippen LogP contribution in [0.5, 0.6) is 0 Å². The van der Waals surface area contributed by atoms with E-state index in [2.05, 4.69) is 32.0 Å². The van der Waals surface area contributed by atoms with Crippen molar-refractivity contribution in [2.45, 2.75) is 38.6 Å². The molecule has 0 fully saturated rings. The molecule has 0 atom stereocenters. The number of hydrogen-bond donors (Lipinski definition) is 2. The Bertz CT molecular complexity index is 862. The second-order valence-corrected chi connectivity index (χ2v) is 6.39. The zero-order valence-corrected chi connectivity index (χ0v) is 15.0. The lowest BCUT2D eigenvalue weighted by Gasteiger charge is -2.10. The Morgan fingerprint density at radius 2 is 2.11 bits per heavy atom. The number of benzene rings is 1. The molecule has 1 aromatic heterocycles. The largest absolute Gasteiger partial charge is 0.352 e. The topological polar surface area (TPSA) is 88.9 Å². The quantitative estimate of drug-likeness (QED) is 0.764. The fourth-order valence-corrected chi connectivity index (χ4v) is 3.04. The Morgan fingerprint density at radius 3 is 2.93 bits per heavy atom. The summed E-state index contributed by atoms with van der Waals surface area (Å²) in [5, 5.41) is 13.6. The van der Waals surface area contributed by atoms with Gasteiger partial charge in [0.25, 0.3) is 0 Å². The standard InChI is InChI=1S/C19H22FN5O2/c1-2-17(26)21-10-9-18(27)22-15-12-13(7-8-14(15)20)19-24-23-16-6-4-3-5-11-25(16)19/h2,7-8,12H,1,3-6,9-11H2,(H,21,26)(H,22,27). The summed E-state index contributed by atoms with van der Waals surface area (Å²) in [4.78, 5) is 23.1. The van der Waals surface area contributed by atoms with Gasteiger partial charge in [-0.15, -0.1) is 10.2 Å². The van der Waals surface area contributed by atoms with Crippen LogP contribution in [0.3, 0.4) is 0 Å². The molecule has 7 nitrogen and oxygen atoms in total. The maximum atomic E-state index is 14.1. The average molecular weight is 371 g/mol. The van der Waals surface area contributed by atoms with Gasteiger partial charge in [0, 0.05) is 31.5 Å². The summed E-state index contributed by atoms with van der Waals surface area (Å²) in [6.45, 7) is 4.31. The summed E-state index contributed by atoms with van der Waals surface area (Å²) in [6.07, 6.45) is 5.33. The van der Waals surface area contributed by atoms with E-state index in [-0.39, 0.29) is 24.6 Å².